The maximum Gasteiger partial charge on any atom is 0.212 e. The Hall–Kier alpha value is -2.22. The highest BCUT2D eigenvalue weighted by molar-refractivity contribution is 7.98. The predicted octanol–water partition coefficient (Wildman–Crippen LogP) is 5.09. The van der Waals surface area contributed by atoms with Gasteiger partial charge in [0.1, 0.15) is 0 Å². The van der Waals surface area contributed by atoms with Crippen LogP contribution in [0.15, 0.2) is 46.7 Å². The van der Waals surface area contributed by atoms with Crippen LogP contribution in [0.25, 0.3) is 0 Å². The molecule has 0 amide bonds. The molecule has 0 unspecified atom stereocenters. The molecule has 0 aliphatic rings. The van der Waals surface area contributed by atoms with Gasteiger partial charge >= 0.3 is 0 Å². The highest BCUT2D eigenvalue weighted by atomic mass is 35.5. The third-order valence-corrected chi connectivity index (χ3v) is 5.42. The Morgan fingerprint density at radius 3 is 2.57 bits per heavy atom. The summed E-state index contributed by atoms with van der Waals surface area (Å²) in [6.45, 7) is 1.85. The molecule has 0 fully saturated rings. The molecule has 0 spiro atoms. The maximum atomic E-state index is 6.24. The molecule has 3 rings (SSSR count). The number of nitrogens with zero attached hydrogens (tertiary/aromatic N) is 4. The van der Waals surface area contributed by atoms with Crippen LogP contribution in [0.2, 0.25) is 10.0 Å². The van der Waals surface area contributed by atoms with E-state index in [0.29, 0.717) is 38.3 Å². The lowest BCUT2D eigenvalue weighted by atomic mass is 10.2. The largest absolute Gasteiger partial charge is 0.493 e. The number of halogens is 2. The van der Waals surface area contributed by atoms with Crippen LogP contribution in [0.1, 0.15) is 17.0 Å². The summed E-state index contributed by atoms with van der Waals surface area (Å²) in [7, 11) is 3.20. The van der Waals surface area contributed by atoms with Crippen LogP contribution in [-0.2, 0) is 5.75 Å². The number of hydrogen-bond acceptors (Lipinski definition) is 6. The Balaban J connectivity index is 1.78. The lowest BCUT2D eigenvalue weighted by Gasteiger charge is -2.07. The molecule has 9 heteroatoms. The van der Waals surface area contributed by atoms with Crippen molar-refractivity contribution in [1.82, 2.24) is 14.9 Å². The summed E-state index contributed by atoms with van der Waals surface area (Å²) in [5.41, 5.74) is 1.83. The van der Waals surface area contributed by atoms with Crippen molar-refractivity contribution in [3.63, 3.8) is 0 Å². The Labute approximate surface area is 177 Å². The molecule has 0 saturated heterocycles. The smallest absolute Gasteiger partial charge is 0.212 e. The van der Waals surface area contributed by atoms with Gasteiger partial charge in [-0.2, -0.15) is 9.78 Å². The van der Waals surface area contributed by atoms with Crippen molar-refractivity contribution in [2.75, 3.05) is 14.2 Å². The average molecular weight is 437 g/mol. The number of aromatic nitrogens is 3. The first-order valence-corrected chi connectivity index (χ1v) is 10.0. The highest BCUT2D eigenvalue weighted by Gasteiger charge is 2.11. The van der Waals surface area contributed by atoms with Gasteiger partial charge in [0.25, 0.3) is 0 Å². The zero-order valence-electron chi connectivity index (χ0n) is 15.5. The molecule has 0 bridgehead atoms. The second-order valence-electron chi connectivity index (χ2n) is 5.72. The minimum absolute atomic E-state index is 0.609. The molecule has 2 aromatic carbocycles. The van der Waals surface area contributed by atoms with Crippen molar-refractivity contribution in [1.29, 1.82) is 0 Å². The molecule has 0 aliphatic heterocycles. The number of hydrogen-bond donors (Lipinski definition) is 0. The molecule has 0 atom stereocenters. The molecule has 0 radical (unpaired) electrons. The second kappa shape index (κ2) is 9.32. The van der Waals surface area contributed by atoms with E-state index in [4.69, 9.17) is 32.7 Å². The van der Waals surface area contributed by atoms with Crippen LogP contribution in [0.5, 0.6) is 11.5 Å². The second-order valence-corrected chi connectivity index (χ2v) is 7.51. The summed E-state index contributed by atoms with van der Waals surface area (Å²) in [6, 6.07) is 11.0. The standard InChI is InChI=1S/C19H18Cl2N4O2S/c1-12-23-24-19(28-11-14-5-6-15(20)9-16(14)21)25(12)22-10-13-4-7-17(26-2)18(8-13)27-3/h4-10H,11H2,1-3H3/b22-10+. The number of rotatable bonds is 7. The van der Waals surface area contributed by atoms with Gasteiger partial charge < -0.3 is 9.47 Å². The van der Waals surface area contributed by atoms with E-state index in [1.54, 1.807) is 31.2 Å². The van der Waals surface area contributed by atoms with Crippen LogP contribution >= 0.6 is 35.0 Å². The molecule has 3 aromatic rings. The number of thioether (sulfide) groups is 1. The Bertz CT molecular complexity index is 1010. The minimum atomic E-state index is 0.609. The Morgan fingerprint density at radius 2 is 1.86 bits per heavy atom. The summed E-state index contributed by atoms with van der Waals surface area (Å²) in [6.07, 6.45) is 1.72. The first kappa shape index (κ1) is 20.5. The van der Waals surface area contributed by atoms with Crippen molar-refractivity contribution in [3.05, 3.63) is 63.4 Å². The molecule has 6 nitrogen and oxygen atoms in total. The summed E-state index contributed by atoms with van der Waals surface area (Å²) >= 11 is 13.7. The molecule has 0 N–H and O–H groups in total. The summed E-state index contributed by atoms with van der Waals surface area (Å²) < 4.78 is 12.3. The van der Waals surface area contributed by atoms with Gasteiger partial charge in [0.2, 0.25) is 5.16 Å². The number of methoxy groups -OCH3 is 2. The quantitative estimate of drug-likeness (QED) is 0.381. The van der Waals surface area contributed by atoms with Gasteiger partial charge in [-0.1, -0.05) is 41.0 Å². The van der Waals surface area contributed by atoms with Crippen LogP contribution in [0.3, 0.4) is 0 Å². The monoisotopic (exact) mass is 436 g/mol. The summed E-state index contributed by atoms with van der Waals surface area (Å²) in [5.74, 6) is 2.61. The normalized spacial score (nSPS) is 11.2. The lowest BCUT2D eigenvalue weighted by Crippen LogP contribution is -1.97. The number of benzene rings is 2. The molecular weight excluding hydrogens is 419 g/mol. The molecular formula is C19H18Cl2N4O2S. The average Bonchev–Trinajstić information content (AvgIpc) is 3.05. The van der Waals surface area contributed by atoms with Crippen molar-refractivity contribution in [2.24, 2.45) is 5.10 Å². The molecule has 28 heavy (non-hydrogen) atoms. The first-order valence-electron chi connectivity index (χ1n) is 8.27. The van der Waals surface area contributed by atoms with E-state index in [0.717, 1.165) is 11.1 Å². The van der Waals surface area contributed by atoms with Gasteiger partial charge in [-0.05, 0) is 48.4 Å². The van der Waals surface area contributed by atoms with Gasteiger partial charge in [-0.25, -0.2) is 0 Å². The van der Waals surface area contributed by atoms with Crippen LogP contribution in [-0.4, -0.2) is 35.3 Å². The van der Waals surface area contributed by atoms with Crippen LogP contribution in [0, 0.1) is 6.92 Å². The fourth-order valence-corrected chi connectivity index (χ4v) is 3.89. The first-order chi connectivity index (χ1) is 13.5. The predicted molar refractivity (Wildman–Crippen MR) is 113 cm³/mol. The van der Waals surface area contributed by atoms with Gasteiger partial charge in [-0.15, -0.1) is 10.2 Å². The van der Waals surface area contributed by atoms with Crippen LogP contribution < -0.4 is 9.47 Å². The molecule has 0 aliphatic carbocycles. The van der Waals surface area contributed by atoms with Crippen molar-refractivity contribution in [3.8, 4) is 11.5 Å². The van der Waals surface area contributed by atoms with E-state index in [2.05, 4.69) is 15.3 Å². The van der Waals surface area contributed by atoms with E-state index in [1.165, 1.54) is 11.8 Å². The van der Waals surface area contributed by atoms with Crippen molar-refractivity contribution < 1.29 is 9.47 Å². The molecule has 1 heterocycles. The minimum Gasteiger partial charge on any atom is -0.493 e. The van der Waals surface area contributed by atoms with Crippen molar-refractivity contribution >= 4 is 41.2 Å². The van der Waals surface area contributed by atoms with Crippen molar-refractivity contribution in [2.45, 2.75) is 17.8 Å². The van der Waals surface area contributed by atoms with Gasteiger partial charge in [-0.3, -0.25) is 0 Å². The Morgan fingerprint density at radius 1 is 1.07 bits per heavy atom. The van der Waals surface area contributed by atoms with Crippen LogP contribution in [0.4, 0.5) is 0 Å². The Kier molecular flexibility index (Phi) is 6.83. The molecule has 1 aromatic heterocycles. The topological polar surface area (TPSA) is 61.5 Å². The van der Waals surface area contributed by atoms with E-state index in [-0.39, 0.29) is 0 Å². The fourth-order valence-electron chi connectivity index (χ4n) is 2.40. The van der Waals surface area contributed by atoms with E-state index in [1.807, 2.05) is 37.3 Å². The van der Waals surface area contributed by atoms with E-state index >= 15 is 0 Å². The third kappa shape index (κ3) is 4.79. The number of ether oxygens (including phenoxy) is 2. The summed E-state index contributed by atoms with van der Waals surface area (Å²) in [4.78, 5) is 0. The highest BCUT2D eigenvalue weighted by Crippen LogP contribution is 2.29. The van der Waals surface area contributed by atoms with Gasteiger partial charge in [0, 0.05) is 15.8 Å². The van der Waals surface area contributed by atoms with Gasteiger partial charge in [0.05, 0.1) is 20.4 Å². The molecule has 146 valence electrons. The number of aryl methyl sites for hydroxylation is 1. The summed E-state index contributed by atoms with van der Waals surface area (Å²) in [5, 5.41) is 14.7. The fraction of sp³-hybridized carbons (Fsp3) is 0.211. The zero-order valence-corrected chi connectivity index (χ0v) is 17.8. The third-order valence-electron chi connectivity index (χ3n) is 3.87. The molecule has 0 saturated carbocycles. The van der Waals surface area contributed by atoms with Gasteiger partial charge in [0.15, 0.2) is 17.3 Å². The van der Waals surface area contributed by atoms with E-state index < -0.39 is 0 Å². The zero-order chi connectivity index (χ0) is 20.1. The SMILES string of the molecule is COc1ccc(/C=N/n2c(C)nnc2SCc2ccc(Cl)cc2Cl)cc1OC. The van der Waals surface area contributed by atoms with E-state index in [9.17, 15) is 0 Å². The maximum absolute atomic E-state index is 6.24. The lowest BCUT2D eigenvalue weighted by molar-refractivity contribution is 0.355.